The van der Waals surface area contributed by atoms with Gasteiger partial charge in [0.1, 0.15) is 4.83 Å². The molecular weight excluding hydrogens is 282 g/mol. The fourth-order valence-electron chi connectivity index (χ4n) is 1.55. The van der Waals surface area contributed by atoms with Gasteiger partial charge >= 0.3 is 5.97 Å². The number of carbonyl (C=O) groups is 1. The molecule has 0 saturated carbocycles. The van der Waals surface area contributed by atoms with Crippen LogP contribution in [-0.2, 0) is 16.0 Å². The molecule has 0 spiro atoms. The highest BCUT2D eigenvalue weighted by molar-refractivity contribution is 9.10. The van der Waals surface area contributed by atoms with E-state index in [0.29, 0.717) is 6.54 Å². The van der Waals surface area contributed by atoms with Crippen molar-refractivity contribution in [2.24, 2.45) is 0 Å². The van der Waals surface area contributed by atoms with Crippen molar-refractivity contribution in [3.05, 3.63) is 35.4 Å². The first kappa shape index (κ1) is 14.2. The van der Waals surface area contributed by atoms with E-state index in [2.05, 4.69) is 45.0 Å². The molecular formula is C13H18BrNO2. The third kappa shape index (κ3) is 4.88. The van der Waals surface area contributed by atoms with Gasteiger partial charge in [-0.15, -0.1) is 0 Å². The number of carbonyl (C=O) groups excluding carboxylic acids is 1. The van der Waals surface area contributed by atoms with Crippen molar-refractivity contribution < 1.29 is 9.53 Å². The van der Waals surface area contributed by atoms with E-state index in [0.717, 1.165) is 13.0 Å². The van der Waals surface area contributed by atoms with Gasteiger partial charge in [0.25, 0.3) is 0 Å². The molecule has 0 amide bonds. The molecule has 1 aromatic carbocycles. The van der Waals surface area contributed by atoms with Crippen LogP contribution >= 0.6 is 15.9 Å². The number of ether oxygens (including phenoxy) is 1. The number of nitrogens with one attached hydrogen (secondary N) is 1. The summed E-state index contributed by atoms with van der Waals surface area (Å²) in [5.74, 6) is -0.242. The minimum Gasteiger partial charge on any atom is -0.468 e. The van der Waals surface area contributed by atoms with Crippen LogP contribution in [0.4, 0.5) is 0 Å². The zero-order valence-electron chi connectivity index (χ0n) is 10.2. The zero-order valence-corrected chi connectivity index (χ0v) is 11.8. The normalized spacial score (nSPS) is 12.2. The molecule has 0 aliphatic rings. The second-order valence-electron chi connectivity index (χ2n) is 3.87. The average Bonchev–Trinajstić information content (AvgIpc) is 2.35. The van der Waals surface area contributed by atoms with Crippen LogP contribution in [0, 0.1) is 6.92 Å². The molecule has 0 aromatic heterocycles. The summed E-state index contributed by atoms with van der Waals surface area (Å²) in [5, 5.41) is 3.23. The number of halogens is 1. The van der Waals surface area contributed by atoms with Gasteiger partial charge in [-0.1, -0.05) is 40.2 Å². The zero-order chi connectivity index (χ0) is 12.7. The molecule has 17 heavy (non-hydrogen) atoms. The molecule has 0 radical (unpaired) electrons. The van der Waals surface area contributed by atoms with Gasteiger partial charge in [-0.25, -0.2) is 0 Å². The third-order valence-corrected chi connectivity index (χ3v) is 3.31. The van der Waals surface area contributed by atoms with E-state index in [1.807, 2.05) is 12.1 Å². The lowest BCUT2D eigenvalue weighted by atomic mass is 10.1. The third-order valence-electron chi connectivity index (χ3n) is 2.61. The van der Waals surface area contributed by atoms with Crippen LogP contribution < -0.4 is 5.32 Å². The molecule has 0 bridgehead atoms. The van der Waals surface area contributed by atoms with Crippen molar-refractivity contribution in [2.45, 2.75) is 18.2 Å². The van der Waals surface area contributed by atoms with E-state index in [-0.39, 0.29) is 10.8 Å². The summed E-state index contributed by atoms with van der Waals surface area (Å²) >= 11 is 3.27. The van der Waals surface area contributed by atoms with Crippen LogP contribution in [-0.4, -0.2) is 31.0 Å². The van der Waals surface area contributed by atoms with Crippen LogP contribution in [0.1, 0.15) is 11.1 Å². The van der Waals surface area contributed by atoms with Gasteiger partial charge in [0.15, 0.2) is 0 Å². The average molecular weight is 300 g/mol. The highest BCUT2D eigenvalue weighted by atomic mass is 79.9. The predicted octanol–water partition coefficient (Wildman–Crippen LogP) is 2.06. The van der Waals surface area contributed by atoms with Crippen LogP contribution in [0.15, 0.2) is 24.3 Å². The Balaban J connectivity index is 2.25. The highest BCUT2D eigenvalue weighted by Gasteiger charge is 2.13. The molecule has 1 unspecified atom stereocenters. The van der Waals surface area contributed by atoms with Crippen molar-refractivity contribution in [3.63, 3.8) is 0 Å². The summed E-state index contributed by atoms with van der Waals surface area (Å²) in [7, 11) is 1.39. The maximum absolute atomic E-state index is 11.1. The summed E-state index contributed by atoms with van der Waals surface area (Å²) in [6, 6.07) is 8.32. The number of rotatable bonds is 6. The van der Waals surface area contributed by atoms with Gasteiger partial charge < -0.3 is 10.1 Å². The number of hydrogen-bond donors (Lipinski definition) is 1. The minimum absolute atomic E-state index is 0.242. The Morgan fingerprint density at radius 2 is 2.18 bits per heavy atom. The number of methoxy groups -OCH3 is 1. The molecule has 1 N–H and O–H groups in total. The highest BCUT2D eigenvalue weighted by Crippen LogP contribution is 2.07. The van der Waals surface area contributed by atoms with Gasteiger partial charge in [0.2, 0.25) is 0 Å². The van der Waals surface area contributed by atoms with Crippen LogP contribution in [0.5, 0.6) is 0 Å². The predicted molar refractivity (Wildman–Crippen MR) is 72.5 cm³/mol. The smallest absolute Gasteiger partial charge is 0.320 e. The van der Waals surface area contributed by atoms with Crippen molar-refractivity contribution in [1.82, 2.24) is 5.32 Å². The maximum Gasteiger partial charge on any atom is 0.320 e. The van der Waals surface area contributed by atoms with Gasteiger partial charge in [-0.2, -0.15) is 0 Å². The van der Waals surface area contributed by atoms with Gasteiger partial charge in [-0.3, -0.25) is 4.79 Å². The Morgan fingerprint density at radius 3 is 2.82 bits per heavy atom. The van der Waals surface area contributed by atoms with E-state index in [9.17, 15) is 4.79 Å². The molecule has 3 nitrogen and oxygen atoms in total. The standard InChI is InChI=1S/C13H18BrNO2/c1-10-5-3-4-6-11(10)7-8-15-9-12(14)13(16)17-2/h3-6,12,15H,7-9H2,1-2H3. The molecule has 0 fully saturated rings. The molecule has 4 heteroatoms. The van der Waals surface area contributed by atoms with Crippen LogP contribution in [0.25, 0.3) is 0 Å². The largest absolute Gasteiger partial charge is 0.468 e. The van der Waals surface area contributed by atoms with E-state index in [1.54, 1.807) is 0 Å². The molecule has 0 aliphatic carbocycles. The molecule has 1 aromatic rings. The maximum atomic E-state index is 11.1. The van der Waals surface area contributed by atoms with Crippen molar-refractivity contribution in [1.29, 1.82) is 0 Å². The minimum atomic E-state index is -0.274. The van der Waals surface area contributed by atoms with E-state index >= 15 is 0 Å². The van der Waals surface area contributed by atoms with E-state index in [1.165, 1.54) is 18.2 Å². The fraction of sp³-hybridized carbons (Fsp3) is 0.462. The second-order valence-corrected chi connectivity index (χ2v) is 4.98. The first-order chi connectivity index (χ1) is 8.15. The first-order valence-electron chi connectivity index (χ1n) is 5.62. The first-order valence-corrected chi connectivity index (χ1v) is 6.54. The van der Waals surface area contributed by atoms with E-state index < -0.39 is 0 Å². The number of benzene rings is 1. The second kappa shape index (κ2) is 7.45. The van der Waals surface area contributed by atoms with Gasteiger partial charge in [0.05, 0.1) is 7.11 Å². The lowest BCUT2D eigenvalue weighted by Crippen LogP contribution is -2.31. The van der Waals surface area contributed by atoms with Crippen molar-refractivity contribution >= 4 is 21.9 Å². The monoisotopic (exact) mass is 299 g/mol. The Bertz CT molecular complexity index is 368. The van der Waals surface area contributed by atoms with Crippen molar-refractivity contribution in [3.8, 4) is 0 Å². The molecule has 0 aliphatic heterocycles. The molecule has 1 rings (SSSR count). The summed E-state index contributed by atoms with van der Waals surface area (Å²) in [6.07, 6.45) is 0.966. The number of alkyl halides is 1. The summed E-state index contributed by atoms with van der Waals surface area (Å²) in [4.78, 5) is 10.8. The Hall–Kier alpha value is -0.870. The quantitative estimate of drug-likeness (QED) is 0.496. The molecule has 1 atom stereocenters. The Labute approximate surface area is 111 Å². The Kier molecular flexibility index (Phi) is 6.22. The molecule has 0 saturated heterocycles. The number of esters is 1. The fourth-order valence-corrected chi connectivity index (χ4v) is 1.97. The lowest BCUT2D eigenvalue weighted by molar-refractivity contribution is -0.139. The topological polar surface area (TPSA) is 38.3 Å². The SMILES string of the molecule is COC(=O)C(Br)CNCCc1ccccc1C. The number of hydrogen-bond acceptors (Lipinski definition) is 3. The van der Waals surface area contributed by atoms with Crippen LogP contribution in [0.2, 0.25) is 0 Å². The van der Waals surface area contributed by atoms with Gasteiger partial charge in [-0.05, 0) is 31.0 Å². The lowest BCUT2D eigenvalue weighted by Gasteiger charge is -2.10. The van der Waals surface area contributed by atoms with Crippen LogP contribution in [0.3, 0.4) is 0 Å². The molecule has 0 heterocycles. The number of aryl methyl sites for hydroxylation is 1. The Morgan fingerprint density at radius 1 is 1.47 bits per heavy atom. The summed E-state index contributed by atoms with van der Waals surface area (Å²) in [5.41, 5.74) is 2.64. The van der Waals surface area contributed by atoms with Crippen molar-refractivity contribution in [2.75, 3.05) is 20.2 Å². The van der Waals surface area contributed by atoms with Gasteiger partial charge in [0, 0.05) is 6.54 Å². The summed E-state index contributed by atoms with van der Waals surface area (Å²) in [6.45, 7) is 3.54. The summed E-state index contributed by atoms with van der Waals surface area (Å²) < 4.78 is 4.62. The van der Waals surface area contributed by atoms with E-state index in [4.69, 9.17) is 0 Å². The molecule has 94 valence electrons.